The van der Waals surface area contributed by atoms with Crippen molar-refractivity contribution in [2.24, 2.45) is 0 Å². The highest BCUT2D eigenvalue weighted by atomic mass is 79.9. The number of thiophene rings is 1. The summed E-state index contributed by atoms with van der Waals surface area (Å²) in [5, 5.41) is 4.10. The summed E-state index contributed by atoms with van der Waals surface area (Å²) in [4.78, 5) is 7.17. The minimum Gasteiger partial charge on any atom is -0.333 e. The van der Waals surface area contributed by atoms with Crippen LogP contribution in [-0.2, 0) is 19.5 Å². The van der Waals surface area contributed by atoms with Gasteiger partial charge in [0.2, 0.25) is 5.82 Å². The zero-order chi connectivity index (χ0) is 16.2. The van der Waals surface area contributed by atoms with E-state index in [-0.39, 0.29) is 0 Å². The highest BCUT2D eigenvalue weighted by molar-refractivity contribution is 9.11. The van der Waals surface area contributed by atoms with E-state index in [2.05, 4.69) is 64.3 Å². The molecule has 0 radical (unpaired) electrons. The number of nitrogens with one attached hydrogen (secondary N) is 1. The molecule has 0 aliphatic heterocycles. The lowest BCUT2D eigenvalue weighted by atomic mass is 10.1. The van der Waals surface area contributed by atoms with E-state index in [4.69, 9.17) is 4.52 Å². The SMILES string of the molecule is CCc1ccc(-c2noc(C[NH+](C)Cc3ccc(Br)s3)n2)cc1. The highest BCUT2D eigenvalue weighted by Gasteiger charge is 2.14. The summed E-state index contributed by atoms with van der Waals surface area (Å²) in [6, 6.07) is 12.5. The average molecular weight is 393 g/mol. The first-order chi connectivity index (χ1) is 11.1. The second kappa shape index (κ2) is 7.38. The largest absolute Gasteiger partial charge is 0.333 e. The van der Waals surface area contributed by atoms with Crippen molar-refractivity contribution in [3.05, 3.63) is 56.5 Å². The normalized spacial score (nSPS) is 12.5. The van der Waals surface area contributed by atoms with Gasteiger partial charge < -0.3 is 9.42 Å². The van der Waals surface area contributed by atoms with E-state index in [0.717, 1.165) is 28.9 Å². The molecule has 0 saturated heterocycles. The average Bonchev–Trinajstić information content (AvgIpc) is 3.16. The number of hydrogen-bond acceptors (Lipinski definition) is 4. The minimum absolute atomic E-state index is 0.661. The number of hydrogen-bond donors (Lipinski definition) is 1. The molecule has 3 aromatic rings. The molecule has 0 aliphatic rings. The number of nitrogens with zero attached hydrogens (tertiary/aromatic N) is 2. The lowest BCUT2D eigenvalue weighted by molar-refractivity contribution is -0.908. The molecule has 2 aromatic heterocycles. The van der Waals surface area contributed by atoms with Crippen LogP contribution in [0, 0.1) is 0 Å². The van der Waals surface area contributed by atoms with E-state index in [1.165, 1.54) is 15.3 Å². The molecule has 2 heterocycles. The Morgan fingerprint density at radius 2 is 1.91 bits per heavy atom. The summed E-state index contributed by atoms with van der Waals surface area (Å²) in [6.07, 6.45) is 1.03. The third kappa shape index (κ3) is 4.28. The first-order valence-electron chi connectivity index (χ1n) is 7.61. The van der Waals surface area contributed by atoms with E-state index >= 15 is 0 Å². The molecule has 0 amide bonds. The second-order valence-corrected chi connectivity index (χ2v) is 8.13. The molecule has 1 atom stereocenters. The summed E-state index contributed by atoms with van der Waals surface area (Å²) in [7, 11) is 2.13. The third-order valence-electron chi connectivity index (χ3n) is 3.65. The van der Waals surface area contributed by atoms with Gasteiger partial charge in [0, 0.05) is 5.56 Å². The van der Waals surface area contributed by atoms with Crippen molar-refractivity contribution in [2.75, 3.05) is 7.05 Å². The van der Waals surface area contributed by atoms with Gasteiger partial charge in [-0.1, -0.05) is 36.3 Å². The minimum atomic E-state index is 0.661. The van der Waals surface area contributed by atoms with E-state index in [1.54, 1.807) is 11.3 Å². The van der Waals surface area contributed by atoms with Crippen LogP contribution < -0.4 is 4.90 Å². The molecule has 0 aliphatic carbocycles. The lowest BCUT2D eigenvalue weighted by Crippen LogP contribution is -3.06. The van der Waals surface area contributed by atoms with E-state index in [1.807, 2.05) is 12.1 Å². The monoisotopic (exact) mass is 392 g/mol. The number of benzene rings is 1. The molecule has 1 aromatic carbocycles. The molecule has 0 saturated carbocycles. The fourth-order valence-electron chi connectivity index (χ4n) is 2.40. The maximum atomic E-state index is 5.40. The van der Waals surface area contributed by atoms with Crippen molar-refractivity contribution in [3.8, 4) is 11.4 Å². The third-order valence-corrected chi connectivity index (χ3v) is 5.27. The predicted octanol–water partition coefficient (Wildman–Crippen LogP) is 3.34. The van der Waals surface area contributed by atoms with Crippen molar-refractivity contribution in [2.45, 2.75) is 26.4 Å². The van der Waals surface area contributed by atoms with Gasteiger partial charge in [0.1, 0.15) is 6.54 Å². The summed E-state index contributed by atoms with van der Waals surface area (Å²) in [6.45, 7) is 3.81. The zero-order valence-corrected chi connectivity index (χ0v) is 15.6. The summed E-state index contributed by atoms with van der Waals surface area (Å²) < 4.78 is 6.56. The van der Waals surface area contributed by atoms with Gasteiger partial charge in [-0.05, 0) is 40.0 Å². The smallest absolute Gasteiger partial charge is 0.282 e. The first kappa shape index (κ1) is 16.4. The summed E-state index contributed by atoms with van der Waals surface area (Å²) >= 11 is 5.26. The Kier molecular flexibility index (Phi) is 5.25. The molecule has 4 nitrogen and oxygen atoms in total. The quantitative estimate of drug-likeness (QED) is 0.699. The number of aromatic nitrogens is 2. The molecule has 1 N–H and O–H groups in total. The standard InChI is InChI=1S/C17H18BrN3OS/c1-3-12-4-6-13(7-5-12)17-19-16(22-20-17)11-21(2)10-14-8-9-15(18)23-14/h4-9H,3,10-11H2,1-2H3/p+1. The predicted molar refractivity (Wildman–Crippen MR) is 95.4 cm³/mol. The van der Waals surface area contributed by atoms with Crippen molar-refractivity contribution < 1.29 is 9.42 Å². The van der Waals surface area contributed by atoms with Crippen LogP contribution >= 0.6 is 27.3 Å². The molecule has 0 fully saturated rings. The Labute approximate surface area is 148 Å². The first-order valence-corrected chi connectivity index (χ1v) is 9.22. The van der Waals surface area contributed by atoms with Gasteiger partial charge in [0.25, 0.3) is 5.89 Å². The van der Waals surface area contributed by atoms with Crippen LogP contribution in [0.5, 0.6) is 0 Å². The van der Waals surface area contributed by atoms with Crippen molar-refractivity contribution >= 4 is 27.3 Å². The van der Waals surface area contributed by atoms with Crippen LogP contribution in [0.4, 0.5) is 0 Å². The Morgan fingerprint density at radius 3 is 2.57 bits per heavy atom. The van der Waals surface area contributed by atoms with Gasteiger partial charge in [-0.3, -0.25) is 0 Å². The van der Waals surface area contributed by atoms with Crippen LogP contribution in [0.3, 0.4) is 0 Å². The van der Waals surface area contributed by atoms with Crippen molar-refractivity contribution in [1.82, 2.24) is 10.1 Å². The van der Waals surface area contributed by atoms with Crippen LogP contribution in [0.1, 0.15) is 23.3 Å². The number of halogens is 1. The van der Waals surface area contributed by atoms with E-state index in [0.29, 0.717) is 11.7 Å². The van der Waals surface area contributed by atoms with Crippen molar-refractivity contribution in [1.29, 1.82) is 0 Å². The van der Waals surface area contributed by atoms with Gasteiger partial charge in [-0.25, -0.2) is 0 Å². The Hall–Kier alpha value is -1.50. The van der Waals surface area contributed by atoms with Gasteiger partial charge in [-0.2, -0.15) is 4.98 Å². The van der Waals surface area contributed by atoms with E-state index < -0.39 is 0 Å². The fraction of sp³-hybridized carbons (Fsp3) is 0.294. The van der Waals surface area contributed by atoms with Crippen LogP contribution in [0.25, 0.3) is 11.4 Å². The second-order valence-electron chi connectivity index (χ2n) is 5.58. The van der Waals surface area contributed by atoms with Crippen LogP contribution in [0.15, 0.2) is 44.7 Å². The zero-order valence-electron chi connectivity index (χ0n) is 13.2. The molecule has 3 rings (SSSR count). The topological polar surface area (TPSA) is 43.4 Å². The van der Waals surface area contributed by atoms with Crippen LogP contribution in [-0.4, -0.2) is 17.2 Å². The molecule has 0 bridgehead atoms. The molecular weight excluding hydrogens is 374 g/mol. The number of rotatable bonds is 6. The van der Waals surface area contributed by atoms with Crippen molar-refractivity contribution in [3.63, 3.8) is 0 Å². The van der Waals surface area contributed by atoms with Gasteiger partial charge >= 0.3 is 0 Å². The molecule has 23 heavy (non-hydrogen) atoms. The van der Waals surface area contributed by atoms with E-state index in [9.17, 15) is 0 Å². The Bertz CT molecular complexity index is 766. The van der Waals surface area contributed by atoms with Gasteiger partial charge in [0.15, 0.2) is 6.54 Å². The van der Waals surface area contributed by atoms with Gasteiger partial charge in [-0.15, -0.1) is 11.3 Å². The molecular formula is C17H19BrN3OS+. The molecule has 6 heteroatoms. The molecule has 0 spiro atoms. The maximum absolute atomic E-state index is 5.40. The maximum Gasteiger partial charge on any atom is 0.282 e. The van der Waals surface area contributed by atoms with Gasteiger partial charge in [0.05, 0.1) is 15.7 Å². The summed E-state index contributed by atoms with van der Waals surface area (Å²) in [5.74, 6) is 1.34. The fourth-order valence-corrected chi connectivity index (χ4v) is 4.00. The molecule has 120 valence electrons. The van der Waals surface area contributed by atoms with Crippen LogP contribution in [0.2, 0.25) is 0 Å². The lowest BCUT2D eigenvalue weighted by Gasteiger charge is -2.09. The highest BCUT2D eigenvalue weighted by Crippen LogP contribution is 2.21. The Morgan fingerprint density at radius 1 is 1.13 bits per heavy atom. The molecule has 1 unspecified atom stereocenters. The summed E-state index contributed by atoms with van der Waals surface area (Å²) in [5.41, 5.74) is 2.31. The number of aryl methyl sites for hydroxylation is 1. The Balaban J connectivity index is 1.64. The number of quaternary nitrogens is 1.